The van der Waals surface area contributed by atoms with Gasteiger partial charge in [0.05, 0.1) is 4.92 Å². The van der Waals surface area contributed by atoms with Gasteiger partial charge in [-0.25, -0.2) is 0 Å². The lowest BCUT2D eigenvalue weighted by molar-refractivity contribution is -0.384. The quantitative estimate of drug-likeness (QED) is 0.419. The van der Waals surface area contributed by atoms with Crippen LogP contribution >= 0.6 is 0 Å². The molecule has 2 aliphatic carbocycles. The van der Waals surface area contributed by atoms with Crippen LogP contribution in [0.1, 0.15) is 31.4 Å². The van der Waals surface area contributed by atoms with E-state index in [4.69, 9.17) is 10.2 Å². The summed E-state index contributed by atoms with van der Waals surface area (Å²) in [5.41, 5.74) is 1.18. The molecule has 136 valence electrons. The predicted molar refractivity (Wildman–Crippen MR) is 102 cm³/mol. The van der Waals surface area contributed by atoms with Crippen LogP contribution in [0.5, 0.6) is 0 Å². The molecule has 3 aliphatic rings. The van der Waals surface area contributed by atoms with Gasteiger partial charge in [0.25, 0.3) is 5.69 Å². The van der Waals surface area contributed by atoms with E-state index in [-0.39, 0.29) is 27.5 Å². The van der Waals surface area contributed by atoms with Crippen LogP contribution in [-0.4, -0.2) is 4.92 Å². The highest BCUT2D eigenvalue weighted by Crippen LogP contribution is 2.76. The predicted octanol–water partition coefficient (Wildman–Crippen LogP) is 5.38. The van der Waals surface area contributed by atoms with Gasteiger partial charge in [-0.05, 0) is 29.7 Å². The Balaban J connectivity index is 1.73. The van der Waals surface area contributed by atoms with E-state index in [2.05, 4.69) is 50.3 Å². The van der Waals surface area contributed by atoms with Crippen molar-refractivity contribution in [3.63, 3.8) is 0 Å². The summed E-state index contributed by atoms with van der Waals surface area (Å²) in [6.45, 7) is 4.52. The topological polar surface area (TPSA) is 67.9 Å². The van der Waals surface area contributed by atoms with Crippen LogP contribution < -0.4 is 0 Å². The minimum Gasteiger partial charge on any atom is -0.258 e. The molecule has 4 atom stereocenters. The second-order valence-corrected chi connectivity index (χ2v) is 8.32. The van der Waals surface area contributed by atoms with Crippen molar-refractivity contribution in [2.45, 2.75) is 31.3 Å². The third-order valence-corrected chi connectivity index (χ3v) is 7.19. The summed E-state index contributed by atoms with van der Waals surface area (Å²) in [7, 11) is 0. The van der Waals surface area contributed by atoms with Gasteiger partial charge >= 0.3 is 0 Å². The summed E-state index contributed by atoms with van der Waals surface area (Å²) in [5.74, 6) is 0.592. The fourth-order valence-electron chi connectivity index (χ4n) is 6.01. The Morgan fingerprint density at radius 2 is 1.59 bits per heavy atom. The number of non-ortho nitro benzene ring substituents is 1. The number of allylic oxidation sites excluding steroid dienone is 1. The fourth-order valence-corrected chi connectivity index (χ4v) is 6.01. The van der Waals surface area contributed by atoms with Crippen LogP contribution in [0, 0.1) is 27.4 Å². The number of nitrogens with zero attached hydrogens (tertiary/aromatic N) is 3. The van der Waals surface area contributed by atoms with E-state index >= 15 is 0 Å². The summed E-state index contributed by atoms with van der Waals surface area (Å²) in [5, 5.41) is 21.0. The molecule has 0 aromatic heterocycles. The van der Waals surface area contributed by atoms with E-state index < -0.39 is 5.54 Å². The van der Waals surface area contributed by atoms with Crippen LogP contribution in [0.3, 0.4) is 0 Å². The molecule has 0 N–H and O–H groups in total. The summed E-state index contributed by atoms with van der Waals surface area (Å²) >= 11 is 0. The second kappa shape index (κ2) is 5.12. The second-order valence-electron chi connectivity index (χ2n) is 8.32. The van der Waals surface area contributed by atoms with Crippen molar-refractivity contribution in [2.75, 3.05) is 0 Å². The van der Waals surface area contributed by atoms with Gasteiger partial charge in [0, 0.05) is 29.4 Å². The first kappa shape index (κ1) is 16.4. The lowest BCUT2D eigenvalue weighted by Crippen LogP contribution is -2.44. The lowest BCUT2D eigenvalue weighted by Gasteiger charge is -2.41. The average molecular weight is 359 g/mol. The van der Waals surface area contributed by atoms with Gasteiger partial charge < -0.3 is 0 Å². The van der Waals surface area contributed by atoms with Gasteiger partial charge in [0.15, 0.2) is 0 Å². The van der Waals surface area contributed by atoms with Gasteiger partial charge in [-0.2, -0.15) is 10.2 Å². The molecule has 5 heteroatoms. The largest absolute Gasteiger partial charge is 0.269 e. The smallest absolute Gasteiger partial charge is 0.258 e. The van der Waals surface area contributed by atoms with E-state index in [1.54, 1.807) is 12.1 Å². The van der Waals surface area contributed by atoms with Crippen LogP contribution in [-0.2, 0) is 11.1 Å². The molecule has 1 fully saturated rings. The molecule has 2 aromatic carbocycles. The van der Waals surface area contributed by atoms with Gasteiger partial charge in [-0.15, -0.1) is 0 Å². The number of nitro benzene ring substituents is 1. The lowest BCUT2D eigenvalue weighted by atomic mass is 9.61. The van der Waals surface area contributed by atoms with Crippen molar-refractivity contribution < 1.29 is 4.92 Å². The van der Waals surface area contributed by atoms with E-state index in [9.17, 15) is 10.1 Å². The number of hydrogen-bond donors (Lipinski definition) is 0. The first-order chi connectivity index (χ1) is 12.9. The zero-order chi connectivity index (χ0) is 18.9. The molecule has 0 saturated heterocycles. The zero-order valence-electron chi connectivity index (χ0n) is 15.4. The van der Waals surface area contributed by atoms with Gasteiger partial charge in [0.2, 0.25) is 0 Å². The minimum absolute atomic E-state index is 0.105. The van der Waals surface area contributed by atoms with Crippen molar-refractivity contribution >= 4 is 5.69 Å². The maximum absolute atomic E-state index is 11.1. The zero-order valence-corrected chi connectivity index (χ0v) is 15.4. The van der Waals surface area contributed by atoms with Crippen LogP contribution in [0.2, 0.25) is 0 Å². The third-order valence-electron chi connectivity index (χ3n) is 7.19. The number of azo groups is 1. The number of nitro groups is 1. The first-order valence-corrected chi connectivity index (χ1v) is 9.36. The highest BCUT2D eigenvalue weighted by molar-refractivity contribution is 5.49. The first-order valence-electron chi connectivity index (χ1n) is 9.36. The van der Waals surface area contributed by atoms with Crippen molar-refractivity contribution in [3.8, 4) is 0 Å². The van der Waals surface area contributed by atoms with Crippen LogP contribution in [0.25, 0.3) is 0 Å². The van der Waals surface area contributed by atoms with Gasteiger partial charge in [-0.3, -0.25) is 10.1 Å². The monoisotopic (exact) mass is 359 g/mol. The molecule has 0 radical (unpaired) electrons. The molecule has 1 saturated carbocycles. The number of benzene rings is 2. The molecule has 27 heavy (non-hydrogen) atoms. The van der Waals surface area contributed by atoms with Crippen molar-refractivity contribution in [1.29, 1.82) is 0 Å². The number of rotatable bonds is 3. The molecule has 1 heterocycles. The van der Waals surface area contributed by atoms with Gasteiger partial charge in [-0.1, -0.05) is 56.3 Å². The minimum atomic E-state index is -0.504. The Hall–Kier alpha value is -2.82. The molecule has 0 spiro atoms. The highest BCUT2D eigenvalue weighted by atomic mass is 16.6. The highest BCUT2D eigenvalue weighted by Gasteiger charge is 2.77. The van der Waals surface area contributed by atoms with Crippen molar-refractivity contribution in [1.82, 2.24) is 0 Å². The number of hydrogen-bond acceptors (Lipinski definition) is 4. The SMILES string of the molecule is CC1(C)[C@]2(c3ccc([N+](=O)[O-])cc3)N=N[C@@]1(c1ccccc1)[C@H]1CC=C[C@H]12. The summed E-state index contributed by atoms with van der Waals surface area (Å²) < 4.78 is 0. The van der Waals surface area contributed by atoms with Gasteiger partial charge in [0.1, 0.15) is 11.1 Å². The summed E-state index contributed by atoms with van der Waals surface area (Å²) in [6, 6.07) is 17.4. The number of fused-ring (bicyclic) bond motifs is 5. The summed E-state index contributed by atoms with van der Waals surface area (Å²) in [6.07, 6.45) is 5.52. The standard InChI is InChI=1S/C22H21N3O2/c1-20(2)21(15-7-4-3-5-8-15)18-9-6-10-19(18)22(20,24-23-21)16-11-13-17(14-12-16)25(26)27/h3-8,10-14,18-19H,9H2,1-2H3/t18-,19+,21-,22+/m0/s1. The maximum Gasteiger partial charge on any atom is 0.269 e. The van der Waals surface area contributed by atoms with Crippen LogP contribution in [0.4, 0.5) is 5.69 Å². The van der Waals surface area contributed by atoms with E-state index in [0.717, 1.165) is 12.0 Å². The average Bonchev–Trinajstić information content (AvgIpc) is 3.30. The molecule has 0 amide bonds. The summed E-state index contributed by atoms with van der Waals surface area (Å²) in [4.78, 5) is 10.7. The molecular weight excluding hydrogens is 338 g/mol. The van der Waals surface area contributed by atoms with E-state index in [1.165, 1.54) is 5.56 Å². The Labute approximate surface area is 158 Å². The Bertz CT molecular complexity index is 980. The molecule has 5 nitrogen and oxygen atoms in total. The molecule has 0 unspecified atom stereocenters. The van der Waals surface area contributed by atoms with E-state index in [1.807, 2.05) is 18.2 Å². The van der Waals surface area contributed by atoms with Crippen molar-refractivity contribution in [3.05, 3.63) is 88.0 Å². The Morgan fingerprint density at radius 3 is 2.26 bits per heavy atom. The molecule has 2 bridgehead atoms. The normalized spacial score (nSPS) is 34.7. The van der Waals surface area contributed by atoms with Crippen LogP contribution in [0.15, 0.2) is 77.0 Å². The third kappa shape index (κ3) is 1.70. The fraction of sp³-hybridized carbons (Fsp3) is 0.364. The molecule has 2 aromatic rings. The molecular formula is C22H21N3O2. The maximum atomic E-state index is 11.1. The van der Waals surface area contributed by atoms with Crippen molar-refractivity contribution in [2.24, 2.45) is 27.5 Å². The Morgan fingerprint density at radius 1 is 0.963 bits per heavy atom. The Kier molecular flexibility index (Phi) is 3.10. The van der Waals surface area contributed by atoms with E-state index in [0.29, 0.717) is 5.92 Å². The molecule has 5 rings (SSSR count). The molecule has 1 aliphatic heterocycles.